The molecule has 3 aromatic rings. The van der Waals surface area contributed by atoms with Crippen molar-refractivity contribution in [3.63, 3.8) is 0 Å². The summed E-state index contributed by atoms with van der Waals surface area (Å²) in [7, 11) is 1.79. The summed E-state index contributed by atoms with van der Waals surface area (Å²) in [5.41, 5.74) is 1.80. The van der Waals surface area contributed by atoms with E-state index in [4.69, 9.17) is 0 Å². The van der Waals surface area contributed by atoms with Crippen molar-refractivity contribution in [3.8, 4) is 5.69 Å². The third-order valence-electron chi connectivity index (χ3n) is 6.70. The second kappa shape index (κ2) is 10.3. The van der Waals surface area contributed by atoms with Gasteiger partial charge >= 0.3 is 0 Å². The number of rotatable bonds is 6. The summed E-state index contributed by atoms with van der Waals surface area (Å²) >= 11 is 0. The van der Waals surface area contributed by atoms with E-state index < -0.39 is 6.04 Å². The Morgan fingerprint density at radius 3 is 2.29 bits per heavy atom. The summed E-state index contributed by atoms with van der Waals surface area (Å²) in [4.78, 5) is 40.6. The van der Waals surface area contributed by atoms with E-state index in [9.17, 15) is 18.8 Å². The van der Waals surface area contributed by atoms with E-state index >= 15 is 0 Å². The van der Waals surface area contributed by atoms with Crippen molar-refractivity contribution in [3.05, 3.63) is 82.0 Å². The van der Waals surface area contributed by atoms with Crippen LogP contribution in [0.15, 0.2) is 59.4 Å². The van der Waals surface area contributed by atoms with Crippen LogP contribution in [0.3, 0.4) is 0 Å². The van der Waals surface area contributed by atoms with Crippen molar-refractivity contribution in [1.29, 1.82) is 0 Å². The van der Waals surface area contributed by atoms with Crippen molar-refractivity contribution in [2.75, 3.05) is 18.4 Å². The molecule has 0 bridgehead atoms. The van der Waals surface area contributed by atoms with Crippen molar-refractivity contribution in [2.24, 2.45) is 7.05 Å². The van der Waals surface area contributed by atoms with Gasteiger partial charge in [-0.15, -0.1) is 0 Å². The third kappa shape index (κ3) is 5.19. The monoisotopic (exact) mass is 479 g/mol. The Hall–Kier alpha value is -3.72. The molecule has 0 spiro atoms. The average molecular weight is 480 g/mol. The largest absolute Gasteiger partial charge is 0.349 e. The van der Waals surface area contributed by atoms with Gasteiger partial charge in [0.2, 0.25) is 5.91 Å². The summed E-state index contributed by atoms with van der Waals surface area (Å²) < 4.78 is 16.3. The Labute approximate surface area is 203 Å². The lowest BCUT2D eigenvalue weighted by Crippen LogP contribution is -2.50. The SMILES string of the molecule is Cc1c(NC(=O)C(C)N2CCC(NC(=O)c3ccc(F)cc3)CC2)c(=O)n(-c2ccccc2)n1C. The second-order valence-electron chi connectivity index (χ2n) is 8.89. The predicted octanol–water partition coefficient (Wildman–Crippen LogP) is 2.84. The van der Waals surface area contributed by atoms with Crippen LogP contribution in [-0.2, 0) is 11.8 Å². The maximum atomic E-state index is 13.1. The van der Waals surface area contributed by atoms with Crippen LogP contribution in [-0.4, -0.2) is 51.3 Å². The molecule has 1 aromatic heterocycles. The molecule has 2 heterocycles. The molecule has 0 radical (unpaired) electrons. The highest BCUT2D eigenvalue weighted by Gasteiger charge is 2.29. The van der Waals surface area contributed by atoms with Gasteiger partial charge in [-0.05, 0) is 63.1 Å². The highest BCUT2D eigenvalue weighted by Crippen LogP contribution is 2.18. The first-order valence-electron chi connectivity index (χ1n) is 11.7. The summed E-state index contributed by atoms with van der Waals surface area (Å²) in [6.07, 6.45) is 1.38. The Balaban J connectivity index is 1.36. The fourth-order valence-electron chi connectivity index (χ4n) is 4.41. The van der Waals surface area contributed by atoms with Crippen LogP contribution in [0, 0.1) is 12.7 Å². The number of likely N-dealkylation sites (tertiary alicyclic amines) is 1. The van der Waals surface area contributed by atoms with E-state index in [1.54, 1.807) is 18.7 Å². The topological polar surface area (TPSA) is 88.4 Å². The van der Waals surface area contributed by atoms with E-state index in [-0.39, 0.29) is 34.9 Å². The van der Waals surface area contributed by atoms with Crippen LogP contribution in [0.5, 0.6) is 0 Å². The molecule has 2 aromatic carbocycles. The summed E-state index contributed by atoms with van der Waals surface area (Å²) in [5, 5.41) is 5.83. The number of carbonyl (C=O) groups is 2. The number of nitrogens with one attached hydrogen (secondary N) is 2. The molecule has 9 heteroatoms. The van der Waals surface area contributed by atoms with Gasteiger partial charge < -0.3 is 10.6 Å². The molecule has 1 unspecified atom stereocenters. The first-order valence-corrected chi connectivity index (χ1v) is 11.7. The third-order valence-corrected chi connectivity index (χ3v) is 6.70. The number of anilines is 1. The van der Waals surface area contributed by atoms with E-state index in [0.717, 1.165) is 5.69 Å². The summed E-state index contributed by atoms with van der Waals surface area (Å²) in [6, 6.07) is 14.3. The van der Waals surface area contributed by atoms with Gasteiger partial charge in [-0.1, -0.05) is 18.2 Å². The molecule has 1 aliphatic rings. The van der Waals surface area contributed by atoms with Gasteiger partial charge in [0.05, 0.1) is 17.4 Å². The molecule has 1 fully saturated rings. The fourth-order valence-corrected chi connectivity index (χ4v) is 4.41. The van der Waals surface area contributed by atoms with Crippen LogP contribution in [0.25, 0.3) is 5.69 Å². The average Bonchev–Trinajstić information content (AvgIpc) is 3.07. The fraction of sp³-hybridized carbons (Fsp3) is 0.346. The van der Waals surface area contributed by atoms with Crippen molar-refractivity contribution < 1.29 is 14.0 Å². The predicted molar refractivity (Wildman–Crippen MR) is 132 cm³/mol. The first kappa shape index (κ1) is 24.4. The van der Waals surface area contributed by atoms with Gasteiger partial charge in [0.1, 0.15) is 11.5 Å². The van der Waals surface area contributed by atoms with E-state index in [0.29, 0.717) is 37.2 Å². The molecule has 2 amide bonds. The number of carbonyl (C=O) groups excluding carboxylic acids is 2. The molecule has 4 rings (SSSR count). The first-order chi connectivity index (χ1) is 16.8. The minimum Gasteiger partial charge on any atom is -0.349 e. The van der Waals surface area contributed by atoms with E-state index in [1.165, 1.54) is 28.9 Å². The molecule has 35 heavy (non-hydrogen) atoms. The van der Waals surface area contributed by atoms with Crippen LogP contribution >= 0.6 is 0 Å². The van der Waals surface area contributed by atoms with Gasteiger partial charge in [0.25, 0.3) is 11.5 Å². The van der Waals surface area contributed by atoms with Gasteiger partial charge in [-0.2, -0.15) is 0 Å². The molecular formula is C26H30FN5O3. The molecule has 2 N–H and O–H groups in total. The molecule has 8 nitrogen and oxygen atoms in total. The quantitative estimate of drug-likeness (QED) is 0.569. The number of hydrogen-bond acceptors (Lipinski definition) is 4. The van der Waals surface area contributed by atoms with Crippen molar-refractivity contribution in [1.82, 2.24) is 19.6 Å². The zero-order valence-corrected chi connectivity index (χ0v) is 20.1. The minimum atomic E-state index is -0.437. The molecule has 0 saturated carbocycles. The number of amides is 2. The van der Waals surface area contributed by atoms with Crippen LogP contribution in [0.2, 0.25) is 0 Å². The highest BCUT2D eigenvalue weighted by molar-refractivity contribution is 5.95. The number of halogens is 1. The number of para-hydroxylation sites is 1. The van der Waals surface area contributed by atoms with Gasteiger partial charge in [0.15, 0.2) is 0 Å². The Morgan fingerprint density at radius 2 is 1.66 bits per heavy atom. The Kier molecular flexibility index (Phi) is 7.16. The van der Waals surface area contributed by atoms with Gasteiger partial charge in [0, 0.05) is 31.7 Å². The molecule has 1 saturated heterocycles. The maximum absolute atomic E-state index is 13.1. The lowest BCUT2D eigenvalue weighted by Gasteiger charge is -2.35. The lowest BCUT2D eigenvalue weighted by atomic mass is 10.0. The second-order valence-corrected chi connectivity index (χ2v) is 8.89. The van der Waals surface area contributed by atoms with Crippen molar-refractivity contribution in [2.45, 2.75) is 38.8 Å². The molecule has 1 aliphatic heterocycles. The normalized spacial score (nSPS) is 15.5. The van der Waals surface area contributed by atoms with E-state index in [1.807, 2.05) is 42.2 Å². The Morgan fingerprint density at radius 1 is 1.03 bits per heavy atom. The summed E-state index contributed by atoms with van der Waals surface area (Å²) in [5.74, 6) is -0.861. The zero-order chi connectivity index (χ0) is 25.1. The standard InChI is InChI=1S/C26H30FN5O3/c1-17-23(26(35)32(30(17)3)22-7-5-4-6-8-22)29-24(33)18(2)31-15-13-21(14-16-31)28-25(34)19-9-11-20(27)12-10-19/h4-12,18,21H,13-16H2,1-3H3,(H,28,34)(H,29,33). The number of hydrogen-bond donors (Lipinski definition) is 2. The van der Waals surface area contributed by atoms with Gasteiger partial charge in [-0.3, -0.25) is 24.0 Å². The zero-order valence-electron chi connectivity index (χ0n) is 20.1. The van der Waals surface area contributed by atoms with Crippen LogP contribution < -0.4 is 16.2 Å². The highest BCUT2D eigenvalue weighted by atomic mass is 19.1. The minimum absolute atomic E-state index is 0.0199. The smallest absolute Gasteiger partial charge is 0.295 e. The van der Waals surface area contributed by atoms with Gasteiger partial charge in [-0.25, -0.2) is 9.07 Å². The maximum Gasteiger partial charge on any atom is 0.295 e. The lowest BCUT2D eigenvalue weighted by molar-refractivity contribution is -0.121. The van der Waals surface area contributed by atoms with Crippen LogP contribution in [0.4, 0.5) is 10.1 Å². The number of piperidine rings is 1. The molecule has 1 atom stereocenters. The number of benzene rings is 2. The number of aromatic nitrogens is 2. The van der Waals surface area contributed by atoms with Crippen LogP contribution in [0.1, 0.15) is 35.8 Å². The molecular weight excluding hydrogens is 449 g/mol. The van der Waals surface area contributed by atoms with E-state index in [2.05, 4.69) is 10.6 Å². The van der Waals surface area contributed by atoms with Crippen molar-refractivity contribution >= 4 is 17.5 Å². The molecule has 184 valence electrons. The number of nitrogens with zero attached hydrogens (tertiary/aromatic N) is 3. The summed E-state index contributed by atoms with van der Waals surface area (Å²) in [6.45, 7) is 4.88. The Bertz CT molecular complexity index is 1260. The molecule has 0 aliphatic carbocycles.